The maximum Gasteiger partial charge on any atom is 0.308 e. The minimum absolute atomic E-state index is 0.188. The third-order valence-corrected chi connectivity index (χ3v) is 6.65. The van der Waals surface area contributed by atoms with Gasteiger partial charge in [0, 0.05) is 39.3 Å². The second-order valence-corrected chi connectivity index (χ2v) is 9.84. The molecular weight excluding hydrogens is 492 g/mol. The predicted molar refractivity (Wildman–Crippen MR) is 134 cm³/mol. The largest absolute Gasteiger partial charge is 0.474 e. The maximum atomic E-state index is 13.4. The number of amides is 2. The van der Waals surface area contributed by atoms with Crippen molar-refractivity contribution < 1.29 is 23.9 Å². The highest BCUT2D eigenvalue weighted by Crippen LogP contribution is 2.28. The Kier molecular flexibility index (Phi) is 9.11. The van der Waals surface area contributed by atoms with Crippen LogP contribution in [-0.4, -0.2) is 84.8 Å². The quantitative estimate of drug-likeness (QED) is 0.310. The van der Waals surface area contributed by atoms with Gasteiger partial charge in [0.25, 0.3) is 5.91 Å². The van der Waals surface area contributed by atoms with Crippen LogP contribution in [0.1, 0.15) is 24.5 Å². The van der Waals surface area contributed by atoms with Crippen LogP contribution in [0.4, 0.5) is 0 Å². The zero-order valence-corrected chi connectivity index (χ0v) is 21.5. The van der Waals surface area contributed by atoms with E-state index in [-0.39, 0.29) is 38.0 Å². The third-order valence-electron chi connectivity index (χ3n) is 5.50. The molecule has 1 aromatic heterocycles. The summed E-state index contributed by atoms with van der Waals surface area (Å²) >= 11 is 7.11. The molecule has 1 unspecified atom stereocenters. The normalized spacial score (nSPS) is 15.7. The number of thiophene rings is 1. The molecule has 2 aromatic rings. The summed E-state index contributed by atoms with van der Waals surface area (Å²) in [5.74, 6) is -0.852. The lowest BCUT2D eigenvalue weighted by molar-refractivity contribution is -0.158. The third kappa shape index (κ3) is 6.95. The summed E-state index contributed by atoms with van der Waals surface area (Å²) in [6.07, 6.45) is -0.224. The molecule has 1 aliphatic heterocycles. The first-order valence-corrected chi connectivity index (χ1v) is 12.4. The van der Waals surface area contributed by atoms with Crippen molar-refractivity contribution in [1.82, 2.24) is 14.7 Å². The molecule has 1 fully saturated rings. The Balaban J connectivity index is 1.70. The lowest BCUT2D eigenvalue weighted by Crippen LogP contribution is -2.59. The number of hydrogen-bond donors (Lipinski definition) is 1. The van der Waals surface area contributed by atoms with Gasteiger partial charge in [0.2, 0.25) is 5.91 Å². The number of amidine groups is 1. The molecule has 0 radical (unpaired) electrons. The van der Waals surface area contributed by atoms with E-state index in [4.69, 9.17) is 26.5 Å². The molecule has 0 saturated carbocycles. The molecule has 9 nitrogen and oxygen atoms in total. The predicted octanol–water partition coefficient (Wildman–Crippen LogP) is 2.86. The van der Waals surface area contributed by atoms with Crippen LogP contribution >= 0.6 is 22.9 Å². The van der Waals surface area contributed by atoms with Gasteiger partial charge in [-0.25, -0.2) is 0 Å². The number of halogens is 1. The van der Waals surface area contributed by atoms with Crippen molar-refractivity contribution in [2.24, 2.45) is 0 Å². The number of ether oxygens (including phenoxy) is 2. The van der Waals surface area contributed by atoms with E-state index < -0.39 is 12.0 Å². The number of rotatable bonds is 9. The molecule has 1 saturated heterocycles. The Hall–Kier alpha value is -3.11. The van der Waals surface area contributed by atoms with Gasteiger partial charge in [-0.15, -0.1) is 0 Å². The van der Waals surface area contributed by atoms with Crippen molar-refractivity contribution in [2.45, 2.75) is 25.9 Å². The number of nitrogens with one attached hydrogen (secondary N) is 1. The van der Waals surface area contributed by atoms with E-state index >= 15 is 0 Å². The molecule has 188 valence electrons. The van der Waals surface area contributed by atoms with Crippen molar-refractivity contribution in [3.05, 3.63) is 51.9 Å². The molecule has 1 aromatic carbocycles. The van der Waals surface area contributed by atoms with Crippen LogP contribution in [0.15, 0.2) is 36.4 Å². The maximum absolute atomic E-state index is 13.4. The highest BCUT2D eigenvalue weighted by atomic mass is 35.5. The van der Waals surface area contributed by atoms with Gasteiger partial charge in [0.15, 0.2) is 11.7 Å². The van der Waals surface area contributed by atoms with E-state index in [1.54, 1.807) is 43.0 Å². The summed E-state index contributed by atoms with van der Waals surface area (Å²) in [4.78, 5) is 43.3. The summed E-state index contributed by atoms with van der Waals surface area (Å²) in [5, 5.41) is 8.58. The van der Waals surface area contributed by atoms with Gasteiger partial charge in [-0.05, 0) is 24.6 Å². The van der Waals surface area contributed by atoms with Crippen LogP contribution in [0.2, 0.25) is 4.34 Å². The Morgan fingerprint density at radius 3 is 2.49 bits per heavy atom. The molecule has 11 heteroatoms. The van der Waals surface area contributed by atoms with Gasteiger partial charge in [-0.1, -0.05) is 47.2 Å². The first-order chi connectivity index (χ1) is 16.7. The highest BCUT2D eigenvalue weighted by molar-refractivity contribution is 7.17. The monoisotopic (exact) mass is 520 g/mol. The van der Waals surface area contributed by atoms with Crippen LogP contribution < -0.4 is 4.74 Å². The first-order valence-electron chi connectivity index (χ1n) is 11.2. The smallest absolute Gasteiger partial charge is 0.308 e. The molecule has 0 spiro atoms. The fourth-order valence-electron chi connectivity index (χ4n) is 3.71. The first kappa shape index (κ1) is 26.5. The number of hydrogen-bond acceptors (Lipinski definition) is 7. The van der Waals surface area contributed by atoms with Gasteiger partial charge >= 0.3 is 5.97 Å². The molecule has 0 bridgehead atoms. The minimum atomic E-state index is -0.966. The van der Waals surface area contributed by atoms with E-state index in [1.807, 2.05) is 24.3 Å². The van der Waals surface area contributed by atoms with Gasteiger partial charge in [-0.2, -0.15) is 0 Å². The van der Waals surface area contributed by atoms with Crippen molar-refractivity contribution >= 4 is 46.6 Å². The van der Waals surface area contributed by atoms with Crippen LogP contribution in [-0.2, 0) is 25.7 Å². The van der Waals surface area contributed by atoms with E-state index in [1.165, 1.54) is 16.2 Å². The molecule has 1 atom stereocenters. The summed E-state index contributed by atoms with van der Waals surface area (Å²) in [5.41, 5.74) is 1.66. The summed E-state index contributed by atoms with van der Waals surface area (Å²) < 4.78 is 11.1. The topological polar surface area (TPSA) is 103 Å². The van der Waals surface area contributed by atoms with Crippen LogP contribution in [0, 0.1) is 5.41 Å². The Morgan fingerprint density at radius 1 is 1.17 bits per heavy atom. The Bertz CT molecular complexity index is 1070. The average molecular weight is 521 g/mol. The highest BCUT2D eigenvalue weighted by Gasteiger charge is 2.39. The summed E-state index contributed by atoms with van der Waals surface area (Å²) in [6, 6.07) is 9.81. The van der Waals surface area contributed by atoms with Crippen LogP contribution in [0.3, 0.4) is 0 Å². The number of benzene rings is 1. The lowest BCUT2D eigenvalue weighted by atomic mass is 10.1. The molecule has 2 heterocycles. The van der Waals surface area contributed by atoms with Crippen LogP contribution in [0.5, 0.6) is 5.06 Å². The van der Waals surface area contributed by atoms with Gasteiger partial charge in [0.1, 0.15) is 11.9 Å². The molecule has 0 aliphatic carbocycles. The zero-order chi connectivity index (χ0) is 25.5. The number of esters is 1. The number of carbonyl (C=O) groups is 3. The fraction of sp³-hybridized carbons (Fsp3) is 0.417. The zero-order valence-electron chi connectivity index (χ0n) is 20.0. The van der Waals surface area contributed by atoms with E-state index in [2.05, 4.69) is 0 Å². The number of carbonyl (C=O) groups excluding carboxylic acids is 3. The van der Waals surface area contributed by atoms with E-state index in [9.17, 15) is 14.4 Å². The fourth-order valence-corrected chi connectivity index (χ4v) is 4.58. The molecule has 2 amide bonds. The average Bonchev–Trinajstić information content (AvgIpc) is 3.25. The van der Waals surface area contributed by atoms with Crippen LogP contribution in [0.25, 0.3) is 0 Å². The van der Waals surface area contributed by atoms with Gasteiger partial charge in [0.05, 0.1) is 17.4 Å². The second-order valence-electron chi connectivity index (χ2n) is 8.16. The standard InChI is InChI=1S/C24H29ClN4O5S/c1-4-33-21(31)13-18-24(32)28(14-16-5-7-17(8-6-16)23(26)27(2)3)11-12-29(18)20(30)15-34-22-10-9-19(25)35-22/h5-10,18,26H,4,11-15H2,1-3H3. The van der Waals surface area contributed by atoms with Gasteiger partial charge in [-0.3, -0.25) is 19.8 Å². The Morgan fingerprint density at radius 2 is 1.89 bits per heavy atom. The molecule has 35 heavy (non-hydrogen) atoms. The molecule has 1 aliphatic rings. The van der Waals surface area contributed by atoms with Crippen molar-refractivity contribution in [3.8, 4) is 5.06 Å². The summed E-state index contributed by atoms with van der Waals surface area (Å²) in [6.45, 7) is 2.54. The SMILES string of the molecule is CCOC(=O)CC1C(=O)N(Cc2ccc(C(=N)N(C)C)cc2)CCN1C(=O)COc1ccc(Cl)s1. The van der Waals surface area contributed by atoms with Gasteiger partial charge < -0.3 is 24.2 Å². The molecular formula is C24H29ClN4O5S. The summed E-state index contributed by atoms with van der Waals surface area (Å²) in [7, 11) is 3.61. The van der Waals surface area contributed by atoms with Crippen molar-refractivity contribution in [3.63, 3.8) is 0 Å². The Labute approximate surface area is 213 Å². The number of piperazine rings is 1. The number of nitrogens with zero attached hydrogens (tertiary/aromatic N) is 3. The molecule has 3 rings (SSSR count). The minimum Gasteiger partial charge on any atom is -0.474 e. The second kappa shape index (κ2) is 12.0. The molecule has 1 N–H and O–H groups in total. The van der Waals surface area contributed by atoms with Crippen molar-refractivity contribution in [1.29, 1.82) is 5.41 Å². The van der Waals surface area contributed by atoms with E-state index in [0.29, 0.717) is 28.3 Å². The lowest BCUT2D eigenvalue weighted by Gasteiger charge is -2.40. The van der Waals surface area contributed by atoms with E-state index in [0.717, 1.165) is 11.1 Å². The van der Waals surface area contributed by atoms with Crippen molar-refractivity contribution in [2.75, 3.05) is 40.4 Å².